The SMILES string of the molecule is CC(C)(C)C(NC(=O)c1cc2ccccc2[nH]1)C(=O)N1CC2CC1CN2C(=O)c1ccccc1Cl. The number of piperazine rings is 1. The molecule has 1 aromatic heterocycles. The van der Waals surface area contributed by atoms with E-state index in [1.165, 1.54) is 0 Å². The predicted molar refractivity (Wildman–Crippen MR) is 135 cm³/mol. The van der Waals surface area contributed by atoms with Crippen LogP contribution in [-0.4, -0.2) is 63.7 Å². The minimum absolute atomic E-state index is 0.0576. The summed E-state index contributed by atoms with van der Waals surface area (Å²) in [6.45, 7) is 6.76. The smallest absolute Gasteiger partial charge is 0.268 e. The van der Waals surface area contributed by atoms with Gasteiger partial charge in [0.1, 0.15) is 11.7 Å². The summed E-state index contributed by atoms with van der Waals surface area (Å²) in [7, 11) is 0. The lowest BCUT2D eigenvalue weighted by atomic mass is 9.85. The summed E-state index contributed by atoms with van der Waals surface area (Å²) >= 11 is 6.24. The van der Waals surface area contributed by atoms with E-state index in [1.54, 1.807) is 30.3 Å². The second-order valence-corrected chi connectivity index (χ2v) is 10.9. The maximum absolute atomic E-state index is 13.7. The number of hydrogen-bond donors (Lipinski definition) is 2. The van der Waals surface area contributed by atoms with Crippen molar-refractivity contribution < 1.29 is 14.4 Å². The molecule has 2 saturated heterocycles. The molecule has 5 rings (SSSR count). The van der Waals surface area contributed by atoms with E-state index in [4.69, 9.17) is 11.6 Å². The van der Waals surface area contributed by atoms with Gasteiger partial charge in [0.15, 0.2) is 0 Å². The number of carbonyl (C=O) groups is 3. The van der Waals surface area contributed by atoms with Gasteiger partial charge in [0.05, 0.1) is 22.7 Å². The highest BCUT2D eigenvalue weighted by Gasteiger charge is 2.50. The van der Waals surface area contributed by atoms with E-state index in [2.05, 4.69) is 10.3 Å². The zero-order chi connectivity index (χ0) is 24.9. The molecule has 0 spiro atoms. The molecule has 2 aliphatic heterocycles. The molecule has 3 atom stereocenters. The molecule has 2 aliphatic rings. The Morgan fingerprint density at radius 3 is 2.31 bits per heavy atom. The van der Waals surface area contributed by atoms with Gasteiger partial charge in [-0.15, -0.1) is 0 Å². The lowest BCUT2D eigenvalue weighted by Crippen LogP contribution is -2.59. The first-order valence-electron chi connectivity index (χ1n) is 11.9. The van der Waals surface area contributed by atoms with Gasteiger partial charge in [-0.1, -0.05) is 62.7 Å². The quantitative estimate of drug-likeness (QED) is 0.575. The summed E-state index contributed by atoms with van der Waals surface area (Å²) < 4.78 is 0. The molecule has 0 saturated carbocycles. The fraction of sp³-hybridized carbons (Fsp3) is 0.370. The van der Waals surface area contributed by atoms with Crippen molar-refractivity contribution in [1.29, 1.82) is 0 Å². The molecule has 2 N–H and O–H groups in total. The molecule has 7 nitrogen and oxygen atoms in total. The average Bonchev–Trinajstić information content (AvgIpc) is 3.55. The number of likely N-dealkylation sites (tertiary alicyclic amines) is 2. The first-order chi connectivity index (χ1) is 16.6. The molecule has 2 bridgehead atoms. The third-order valence-electron chi connectivity index (χ3n) is 7.05. The van der Waals surface area contributed by atoms with Gasteiger partial charge in [-0.3, -0.25) is 14.4 Å². The minimum atomic E-state index is -0.700. The molecule has 35 heavy (non-hydrogen) atoms. The number of rotatable bonds is 4. The minimum Gasteiger partial charge on any atom is -0.351 e. The zero-order valence-electron chi connectivity index (χ0n) is 20.0. The van der Waals surface area contributed by atoms with Gasteiger partial charge in [-0.05, 0) is 36.1 Å². The summed E-state index contributed by atoms with van der Waals surface area (Å²) in [5.41, 5.74) is 1.29. The summed E-state index contributed by atoms with van der Waals surface area (Å²) in [5, 5.41) is 4.35. The van der Waals surface area contributed by atoms with E-state index in [9.17, 15) is 14.4 Å². The molecule has 3 heterocycles. The number of hydrogen-bond acceptors (Lipinski definition) is 3. The number of aromatic nitrogens is 1. The van der Waals surface area contributed by atoms with Gasteiger partial charge in [0, 0.05) is 24.0 Å². The summed E-state index contributed by atoms with van der Waals surface area (Å²) in [6, 6.07) is 15.7. The third kappa shape index (κ3) is 4.29. The Bertz CT molecular complexity index is 1280. The van der Waals surface area contributed by atoms with Crippen molar-refractivity contribution in [3.63, 3.8) is 0 Å². The van der Waals surface area contributed by atoms with Gasteiger partial charge >= 0.3 is 0 Å². The fourth-order valence-electron chi connectivity index (χ4n) is 5.19. The number of halogens is 1. The van der Waals surface area contributed by atoms with Gasteiger partial charge in [-0.25, -0.2) is 0 Å². The van der Waals surface area contributed by atoms with Crippen LogP contribution in [0.5, 0.6) is 0 Å². The summed E-state index contributed by atoms with van der Waals surface area (Å²) in [4.78, 5) is 46.7. The average molecular weight is 493 g/mol. The third-order valence-corrected chi connectivity index (χ3v) is 7.38. The van der Waals surface area contributed by atoms with Crippen LogP contribution >= 0.6 is 11.6 Å². The Kier molecular flexibility index (Phi) is 5.83. The molecule has 0 aliphatic carbocycles. The summed E-state index contributed by atoms with van der Waals surface area (Å²) in [6.07, 6.45) is 0.731. The lowest BCUT2D eigenvalue weighted by molar-refractivity contribution is -0.138. The van der Waals surface area contributed by atoms with Crippen molar-refractivity contribution >= 4 is 40.2 Å². The number of nitrogens with zero attached hydrogens (tertiary/aromatic N) is 2. The van der Waals surface area contributed by atoms with Crippen LogP contribution in [0.25, 0.3) is 10.9 Å². The number of H-pyrrole nitrogens is 1. The van der Waals surface area contributed by atoms with Crippen LogP contribution in [0.2, 0.25) is 5.02 Å². The van der Waals surface area contributed by atoms with Crippen molar-refractivity contribution in [2.45, 2.75) is 45.3 Å². The van der Waals surface area contributed by atoms with Crippen molar-refractivity contribution in [2.75, 3.05) is 13.1 Å². The molecule has 3 unspecified atom stereocenters. The number of fused-ring (bicyclic) bond motifs is 3. The molecular formula is C27H29ClN4O3. The molecule has 3 amide bonds. The molecule has 8 heteroatoms. The van der Waals surface area contributed by atoms with Crippen LogP contribution in [0.1, 0.15) is 48.0 Å². The Hall–Kier alpha value is -3.32. The van der Waals surface area contributed by atoms with Crippen LogP contribution < -0.4 is 5.32 Å². The van der Waals surface area contributed by atoms with E-state index in [0.717, 1.165) is 17.3 Å². The molecule has 3 aromatic rings. The van der Waals surface area contributed by atoms with Crippen molar-refractivity contribution in [3.05, 3.63) is 70.9 Å². The molecule has 2 fully saturated rings. The van der Waals surface area contributed by atoms with Crippen LogP contribution in [0.4, 0.5) is 0 Å². The highest BCUT2D eigenvalue weighted by molar-refractivity contribution is 6.33. The van der Waals surface area contributed by atoms with Crippen LogP contribution in [0, 0.1) is 5.41 Å². The Labute approximate surface area is 209 Å². The van der Waals surface area contributed by atoms with E-state index >= 15 is 0 Å². The van der Waals surface area contributed by atoms with Gasteiger partial charge < -0.3 is 20.1 Å². The van der Waals surface area contributed by atoms with Gasteiger partial charge in [0.25, 0.3) is 11.8 Å². The number of benzene rings is 2. The monoisotopic (exact) mass is 492 g/mol. The fourth-order valence-corrected chi connectivity index (χ4v) is 5.41. The Morgan fingerprint density at radius 1 is 1.00 bits per heavy atom. The highest BCUT2D eigenvalue weighted by atomic mass is 35.5. The molecule has 0 radical (unpaired) electrons. The normalized spacial score (nSPS) is 20.3. The maximum Gasteiger partial charge on any atom is 0.268 e. The number of para-hydroxylation sites is 1. The molecular weight excluding hydrogens is 464 g/mol. The first-order valence-corrected chi connectivity index (χ1v) is 12.3. The van der Waals surface area contributed by atoms with Crippen LogP contribution in [0.15, 0.2) is 54.6 Å². The second kappa shape index (κ2) is 8.72. The van der Waals surface area contributed by atoms with Gasteiger partial charge in [0.2, 0.25) is 5.91 Å². The topological polar surface area (TPSA) is 85.5 Å². The number of aromatic amines is 1. The maximum atomic E-state index is 13.7. The van der Waals surface area contributed by atoms with Crippen LogP contribution in [0.3, 0.4) is 0 Å². The molecule has 2 aromatic carbocycles. The highest BCUT2D eigenvalue weighted by Crippen LogP contribution is 2.35. The van der Waals surface area contributed by atoms with Crippen molar-refractivity contribution in [3.8, 4) is 0 Å². The second-order valence-electron chi connectivity index (χ2n) is 10.5. The Morgan fingerprint density at radius 2 is 1.66 bits per heavy atom. The first kappa shape index (κ1) is 23.4. The Balaban J connectivity index is 1.30. The van der Waals surface area contributed by atoms with Crippen molar-refractivity contribution in [1.82, 2.24) is 20.1 Å². The summed E-state index contributed by atoms with van der Waals surface area (Å²) in [5.74, 6) is -0.525. The van der Waals surface area contributed by atoms with E-state index < -0.39 is 11.5 Å². The number of carbonyl (C=O) groups excluding carboxylic acids is 3. The van der Waals surface area contributed by atoms with E-state index in [1.807, 2.05) is 54.8 Å². The lowest BCUT2D eigenvalue weighted by Gasteiger charge is -2.39. The number of amides is 3. The van der Waals surface area contributed by atoms with E-state index in [-0.39, 0.29) is 29.8 Å². The number of nitrogens with one attached hydrogen (secondary N) is 2. The standard InChI is InChI=1S/C27H29ClN4O3/c1-27(2,3)23(30-24(33)22-12-16-8-4-7-11-21(16)29-22)26(35)32-15-17-13-18(32)14-31(17)25(34)19-9-5-6-10-20(19)28/h4-12,17-18,23,29H,13-15H2,1-3H3,(H,30,33). The predicted octanol–water partition coefficient (Wildman–Crippen LogP) is 4.09. The molecule has 182 valence electrons. The van der Waals surface area contributed by atoms with Crippen molar-refractivity contribution in [2.24, 2.45) is 5.41 Å². The van der Waals surface area contributed by atoms with Crippen LogP contribution in [-0.2, 0) is 4.79 Å². The van der Waals surface area contributed by atoms with Gasteiger partial charge in [-0.2, -0.15) is 0 Å². The largest absolute Gasteiger partial charge is 0.351 e. The zero-order valence-corrected chi connectivity index (χ0v) is 20.8. The van der Waals surface area contributed by atoms with E-state index in [0.29, 0.717) is 29.4 Å².